The molecule has 4 nitrogen and oxygen atoms in total. The molecule has 2 rings (SSSR count). The zero-order valence-electron chi connectivity index (χ0n) is 11.7. The van der Waals surface area contributed by atoms with Crippen LogP contribution >= 0.6 is 22.6 Å². The van der Waals surface area contributed by atoms with E-state index in [1.165, 1.54) is 6.20 Å². The van der Waals surface area contributed by atoms with Crippen molar-refractivity contribution in [3.63, 3.8) is 0 Å². The summed E-state index contributed by atoms with van der Waals surface area (Å²) in [6.45, 7) is -1.41. The van der Waals surface area contributed by atoms with Gasteiger partial charge in [-0.15, -0.1) is 0 Å². The third-order valence-corrected chi connectivity index (χ3v) is 3.49. The molecule has 0 aliphatic heterocycles. The van der Waals surface area contributed by atoms with Crippen LogP contribution in [-0.4, -0.2) is 23.7 Å². The van der Waals surface area contributed by atoms with Crippen LogP contribution in [0.3, 0.4) is 0 Å². The smallest absolute Gasteiger partial charge is 0.422 e. The van der Waals surface area contributed by atoms with Gasteiger partial charge in [-0.05, 0) is 52.9 Å². The zero-order chi connectivity index (χ0) is 16.9. The average molecular weight is 436 g/mol. The maximum Gasteiger partial charge on any atom is 0.422 e. The van der Waals surface area contributed by atoms with Crippen molar-refractivity contribution < 1.29 is 22.7 Å². The SMILES string of the molecule is O=C(NCc1cccnc1OCC(F)(F)F)c1ccc(I)cc1. The van der Waals surface area contributed by atoms with Crippen molar-refractivity contribution >= 4 is 28.5 Å². The van der Waals surface area contributed by atoms with Crippen LogP contribution in [0.5, 0.6) is 5.88 Å². The predicted molar refractivity (Wildman–Crippen MR) is 86.1 cm³/mol. The third-order valence-electron chi connectivity index (χ3n) is 2.77. The summed E-state index contributed by atoms with van der Waals surface area (Å²) in [5, 5.41) is 2.63. The second-order valence-corrected chi connectivity index (χ2v) is 5.81. The summed E-state index contributed by atoms with van der Waals surface area (Å²) in [7, 11) is 0. The minimum atomic E-state index is -4.45. The quantitative estimate of drug-likeness (QED) is 0.730. The Morgan fingerprint density at radius 1 is 1.22 bits per heavy atom. The molecular weight excluding hydrogens is 424 g/mol. The number of pyridine rings is 1. The monoisotopic (exact) mass is 436 g/mol. The van der Waals surface area contributed by atoms with Gasteiger partial charge in [0, 0.05) is 27.4 Å². The highest BCUT2D eigenvalue weighted by Gasteiger charge is 2.29. The molecule has 0 aliphatic rings. The molecule has 0 radical (unpaired) electrons. The largest absolute Gasteiger partial charge is 0.468 e. The van der Waals surface area contributed by atoms with Crippen LogP contribution < -0.4 is 10.1 Å². The van der Waals surface area contributed by atoms with Crippen molar-refractivity contribution in [1.82, 2.24) is 10.3 Å². The Kier molecular flexibility index (Phi) is 5.80. The number of carbonyl (C=O) groups excluding carboxylic acids is 1. The molecule has 23 heavy (non-hydrogen) atoms. The van der Waals surface area contributed by atoms with Crippen molar-refractivity contribution in [2.45, 2.75) is 12.7 Å². The molecule has 0 bridgehead atoms. The number of benzene rings is 1. The molecule has 1 aromatic carbocycles. The van der Waals surface area contributed by atoms with E-state index in [4.69, 9.17) is 0 Å². The van der Waals surface area contributed by atoms with E-state index in [0.29, 0.717) is 11.1 Å². The van der Waals surface area contributed by atoms with E-state index in [-0.39, 0.29) is 18.3 Å². The summed E-state index contributed by atoms with van der Waals surface area (Å²) < 4.78 is 42.3. The fourth-order valence-electron chi connectivity index (χ4n) is 1.72. The van der Waals surface area contributed by atoms with Gasteiger partial charge < -0.3 is 10.1 Å². The molecule has 1 amide bonds. The summed E-state index contributed by atoms with van der Waals surface area (Å²) in [5.41, 5.74) is 0.836. The van der Waals surface area contributed by atoms with Gasteiger partial charge in [-0.3, -0.25) is 4.79 Å². The number of halogens is 4. The van der Waals surface area contributed by atoms with Crippen molar-refractivity contribution in [3.05, 3.63) is 57.3 Å². The second-order valence-electron chi connectivity index (χ2n) is 4.56. The molecule has 1 N–H and O–H groups in total. The Bertz CT molecular complexity index is 675. The van der Waals surface area contributed by atoms with Crippen LogP contribution in [0, 0.1) is 3.57 Å². The highest BCUT2D eigenvalue weighted by molar-refractivity contribution is 14.1. The fourth-order valence-corrected chi connectivity index (χ4v) is 2.08. The number of alkyl halides is 3. The molecule has 1 aromatic heterocycles. The van der Waals surface area contributed by atoms with Gasteiger partial charge in [0.1, 0.15) is 0 Å². The summed E-state index contributed by atoms with van der Waals surface area (Å²) in [5.74, 6) is -0.472. The molecule has 0 fully saturated rings. The number of amides is 1. The van der Waals surface area contributed by atoms with Crippen molar-refractivity contribution in [2.24, 2.45) is 0 Å². The maximum absolute atomic E-state index is 12.2. The first-order chi connectivity index (χ1) is 10.8. The summed E-state index contributed by atoms with van der Waals surface area (Å²) >= 11 is 2.12. The van der Waals surface area contributed by atoms with Crippen LogP contribution in [0.2, 0.25) is 0 Å². The zero-order valence-corrected chi connectivity index (χ0v) is 13.9. The molecule has 0 unspecified atom stereocenters. The molecule has 1 heterocycles. The van der Waals surface area contributed by atoms with Crippen molar-refractivity contribution in [3.8, 4) is 5.88 Å². The minimum absolute atomic E-state index is 0.0197. The molecule has 0 spiro atoms. The Labute approximate surface area is 144 Å². The van der Waals surface area contributed by atoms with E-state index in [1.54, 1.807) is 36.4 Å². The lowest BCUT2D eigenvalue weighted by atomic mass is 10.2. The number of carbonyl (C=O) groups is 1. The molecule has 2 aromatic rings. The topological polar surface area (TPSA) is 51.2 Å². The third kappa shape index (κ3) is 5.70. The number of nitrogens with zero attached hydrogens (tertiary/aromatic N) is 1. The van der Waals surface area contributed by atoms with Gasteiger partial charge >= 0.3 is 6.18 Å². The number of aromatic nitrogens is 1. The van der Waals surface area contributed by atoms with E-state index >= 15 is 0 Å². The molecule has 122 valence electrons. The Morgan fingerprint density at radius 3 is 2.57 bits per heavy atom. The van der Waals surface area contributed by atoms with Gasteiger partial charge in [-0.25, -0.2) is 4.98 Å². The Morgan fingerprint density at radius 2 is 1.91 bits per heavy atom. The van der Waals surface area contributed by atoms with Crippen molar-refractivity contribution in [2.75, 3.05) is 6.61 Å². The molecule has 0 saturated heterocycles. The Hall–Kier alpha value is -1.84. The summed E-state index contributed by atoms with van der Waals surface area (Å²) in [6, 6.07) is 10.0. The van der Waals surface area contributed by atoms with Gasteiger partial charge in [-0.1, -0.05) is 6.07 Å². The Balaban J connectivity index is 2.00. The first kappa shape index (κ1) is 17.5. The number of hydrogen-bond acceptors (Lipinski definition) is 3. The molecule has 0 saturated carbocycles. The minimum Gasteiger partial charge on any atom is -0.468 e. The normalized spacial score (nSPS) is 11.1. The van der Waals surface area contributed by atoms with Gasteiger partial charge in [0.25, 0.3) is 5.91 Å². The molecule has 0 aliphatic carbocycles. The molecular formula is C15H12F3IN2O2. The summed E-state index contributed by atoms with van der Waals surface area (Å²) in [6.07, 6.45) is -3.12. The van der Waals surface area contributed by atoms with Crippen LogP contribution in [0.1, 0.15) is 15.9 Å². The predicted octanol–water partition coefficient (Wildman–Crippen LogP) is 3.56. The first-order valence-electron chi connectivity index (χ1n) is 6.52. The first-order valence-corrected chi connectivity index (χ1v) is 7.60. The lowest BCUT2D eigenvalue weighted by Gasteiger charge is -2.12. The van der Waals surface area contributed by atoms with E-state index in [2.05, 4.69) is 37.6 Å². The molecule has 0 atom stereocenters. The van der Waals surface area contributed by atoms with E-state index in [0.717, 1.165) is 3.57 Å². The standard InChI is InChI=1S/C15H12F3IN2O2/c16-15(17,18)9-23-14-11(2-1-7-20-14)8-21-13(22)10-3-5-12(19)6-4-10/h1-7H,8-9H2,(H,21,22). The van der Waals surface area contributed by atoms with Gasteiger partial charge in [0.15, 0.2) is 6.61 Å². The van der Waals surface area contributed by atoms with Gasteiger partial charge in [0.2, 0.25) is 5.88 Å². The van der Waals surface area contributed by atoms with Gasteiger partial charge in [0.05, 0.1) is 0 Å². The molecule has 8 heteroatoms. The van der Waals surface area contributed by atoms with Crippen molar-refractivity contribution in [1.29, 1.82) is 0 Å². The van der Waals surface area contributed by atoms with Gasteiger partial charge in [-0.2, -0.15) is 13.2 Å². The van der Waals surface area contributed by atoms with E-state index < -0.39 is 12.8 Å². The van der Waals surface area contributed by atoms with E-state index in [1.807, 2.05) is 0 Å². The number of nitrogens with one attached hydrogen (secondary N) is 1. The maximum atomic E-state index is 12.2. The lowest BCUT2D eigenvalue weighted by molar-refractivity contribution is -0.154. The van der Waals surface area contributed by atoms with Crippen LogP contribution in [0.25, 0.3) is 0 Å². The number of rotatable bonds is 5. The average Bonchev–Trinajstić information content (AvgIpc) is 2.51. The van der Waals surface area contributed by atoms with Crippen LogP contribution in [0.4, 0.5) is 13.2 Å². The highest BCUT2D eigenvalue weighted by Crippen LogP contribution is 2.20. The second kappa shape index (κ2) is 7.62. The van der Waals surface area contributed by atoms with E-state index in [9.17, 15) is 18.0 Å². The number of ether oxygens (including phenoxy) is 1. The fraction of sp³-hybridized carbons (Fsp3) is 0.200. The lowest BCUT2D eigenvalue weighted by Crippen LogP contribution is -2.24. The van der Waals surface area contributed by atoms with Crippen LogP contribution in [-0.2, 0) is 6.54 Å². The number of hydrogen-bond donors (Lipinski definition) is 1. The highest BCUT2D eigenvalue weighted by atomic mass is 127. The summed E-state index contributed by atoms with van der Waals surface area (Å²) in [4.78, 5) is 15.8. The van der Waals surface area contributed by atoms with Crippen LogP contribution in [0.15, 0.2) is 42.6 Å².